The average molecular weight is 412 g/mol. The van der Waals surface area contributed by atoms with Crippen LogP contribution in [0.25, 0.3) is 11.0 Å². The molecular formula is C21H25N5O2S. The quantitative estimate of drug-likeness (QED) is 0.557. The third kappa shape index (κ3) is 4.54. The third-order valence-electron chi connectivity index (χ3n) is 5.07. The Morgan fingerprint density at radius 1 is 1.10 bits per heavy atom. The monoisotopic (exact) mass is 411 g/mol. The van der Waals surface area contributed by atoms with Crippen LogP contribution >= 0.6 is 11.8 Å². The second-order valence-electron chi connectivity index (χ2n) is 6.87. The van der Waals surface area contributed by atoms with Crippen molar-refractivity contribution in [3.63, 3.8) is 0 Å². The number of anilines is 1. The molecule has 1 aliphatic rings. The summed E-state index contributed by atoms with van der Waals surface area (Å²) in [6, 6.07) is 14.0. The second kappa shape index (κ2) is 9.28. The van der Waals surface area contributed by atoms with Crippen molar-refractivity contribution >= 4 is 34.5 Å². The molecule has 0 aliphatic carbocycles. The molecule has 3 heterocycles. The van der Waals surface area contributed by atoms with Crippen LogP contribution in [-0.4, -0.2) is 71.0 Å². The first-order valence-electron chi connectivity index (χ1n) is 9.77. The Kier molecular flexibility index (Phi) is 6.31. The van der Waals surface area contributed by atoms with Crippen molar-refractivity contribution in [1.82, 2.24) is 19.4 Å². The van der Waals surface area contributed by atoms with Crippen molar-refractivity contribution in [3.05, 3.63) is 48.7 Å². The van der Waals surface area contributed by atoms with Crippen LogP contribution in [0.5, 0.6) is 0 Å². The van der Waals surface area contributed by atoms with E-state index in [0.29, 0.717) is 12.4 Å². The molecule has 0 radical (unpaired) electrons. The van der Waals surface area contributed by atoms with Crippen molar-refractivity contribution in [2.75, 3.05) is 50.5 Å². The minimum absolute atomic E-state index is 0.154. The van der Waals surface area contributed by atoms with Gasteiger partial charge in [-0.25, -0.2) is 9.97 Å². The molecule has 8 heteroatoms. The van der Waals surface area contributed by atoms with Gasteiger partial charge in [0.1, 0.15) is 5.82 Å². The van der Waals surface area contributed by atoms with E-state index in [9.17, 15) is 4.79 Å². The predicted molar refractivity (Wildman–Crippen MR) is 115 cm³/mol. The van der Waals surface area contributed by atoms with E-state index < -0.39 is 0 Å². The first-order chi connectivity index (χ1) is 14.3. The van der Waals surface area contributed by atoms with Crippen molar-refractivity contribution in [1.29, 1.82) is 0 Å². The van der Waals surface area contributed by atoms with Crippen LogP contribution in [0, 0.1) is 0 Å². The molecule has 0 N–H and O–H groups in total. The Balaban J connectivity index is 1.36. The highest BCUT2D eigenvalue weighted by Crippen LogP contribution is 2.24. The van der Waals surface area contributed by atoms with Crippen LogP contribution in [0.1, 0.15) is 0 Å². The van der Waals surface area contributed by atoms with Crippen molar-refractivity contribution < 1.29 is 9.53 Å². The molecule has 152 valence electrons. The number of para-hydroxylation sites is 2. The molecule has 0 spiro atoms. The number of methoxy groups -OCH3 is 1. The van der Waals surface area contributed by atoms with E-state index in [2.05, 4.69) is 20.5 Å². The number of hydrogen-bond donors (Lipinski definition) is 0. The maximum Gasteiger partial charge on any atom is 0.233 e. The van der Waals surface area contributed by atoms with E-state index >= 15 is 0 Å². The van der Waals surface area contributed by atoms with Crippen LogP contribution in [0.3, 0.4) is 0 Å². The minimum atomic E-state index is 0.154. The van der Waals surface area contributed by atoms with Gasteiger partial charge in [0, 0.05) is 46.0 Å². The third-order valence-corrected chi connectivity index (χ3v) is 6.03. The maximum absolute atomic E-state index is 12.8. The molecule has 1 aromatic carbocycles. The molecule has 0 bridgehead atoms. The molecule has 0 atom stereocenters. The van der Waals surface area contributed by atoms with Crippen molar-refractivity contribution in [2.45, 2.75) is 11.7 Å². The summed E-state index contributed by atoms with van der Waals surface area (Å²) in [5.41, 5.74) is 2.02. The van der Waals surface area contributed by atoms with Gasteiger partial charge < -0.3 is 19.1 Å². The number of carbonyl (C=O) groups excluding carboxylic acids is 1. The second-order valence-corrected chi connectivity index (χ2v) is 7.81. The molecule has 0 unspecified atom stereocenters. The number of carbonyl (C=O) groups is 1. The highest BCUT2D eigenvalue weighted by Gasteiger charge is 2.22. The largest absolute Gasteiger partial charge is 0.383 e. The van der Waals surface area contributed by atoms with Crippen LogP contribution in [0.15, 0.2) is 53.8 Å². The van der Waals surface area contributed by atoms with Gasteiger partial charge in [0.05, 0.1) is 23.4 Å². The Hall–Kier alpha value is -2.58. The number of hydrogen-bond acceptors (Lipinski definition) is 6. The molecular weight excluding hydrogens is 386 g/mol. The molecule has 2 aromatic heterocycles. The van der Waals surface area contributed by atoms with E-state index in [4.69, 9.17) is 9.72 Å². The topological polar surface area (TPSA) is 63.5 Å². The Morgan fingerprint density at radius 3 is 2.66 bits per heavy atom. The molecule has 3 aromatic rings. The van der Waals surface area contributed by atoms with E-state index in [1.807, 2.05) is 41.3 Å². The predicted octanol–water partition coefficient (Wildman–Crippen LogP) is 2.52. The number of imidazole rings is 1. The normalized spacial score (nSPS) is 14.5. The van der Waals surface area contributed by atoms with Crippen LogP contribution in [0.4, 0.5) is 5.82 Å². The molecule has 0 saturated carbocycles. The number of nitrogens with zero attached hydrogens (tertiary/aromatic N) is 5. The van der Waals surface area contributed by atoms with Gasteiger partial charge in [-0.05, 0) is 24.3 Å². The lowest BCUT2D eigenvalue weighted by Crippen LogP contribution is -2.49. The highest BCUT2D eigenvalue weighted by molar-refractivity contribution is 7.99. The number of rotatable bonds is 7. The lowest BCUT2D eigenvalue weighted by molar-refractivity contribution is -0.128. The number of fused-ring (bicyclic) bond motifs is 1. The maximum atomic E-state index is 12.8. The van der Waals surface area contributed by atoms with Crippen molar-refractivity contribution in [2.24, 2.45) is 0 Å². The SMILES string of the molecule is COCCn1c(SCC(=O)N2CCN(c3ccccn3)CC2)nc2ccccc21. The first-order valence-corrected chi connectivity index (χ1v) is 10.8. The fraction of sp³-hybridized carbons (Fsp3) is 0.381. The number of ether oxygens (including phenoxy) is 1. The fourth-order valence-electron chi connectivity index (χ4n) is 3.51. The zero-order valence-electron chi connectivity index (χ0n) is 16.5. The number of pyridine rings is 1. The molecule has 7 nitrogen and oxygen atoms in total. The van der Waals surface area contributed by atoms with Gasteiger partial charge in [0.25, 0.3) is 0 Å². The minimum Gasteiger partial charge on any atom is -0.383 e. The lowest BCUT2D eigenvalue weighted by Gasteiger charge is -2.35. The zero-order valence-corrected chi connectivity index (χ0v) is 17.3. The fourth-order valence-corrected chi connectivity index (χ4v) is 4.45. The zero-order chi connectivity index (χ0) is 20.1. The summed E-state index contributed by atoms with van der Waals surface area (Å²) in [7, 11) is 1.69. The number of amides is 1. The molecule has 29 heavy (non-hydrogen) atoms. The summed E-state index contributed by atoms with van der Waals surface area (Å²) in [4.78, 5) is 26.0. The number of thioether (sulfide) groups is 1. The van der Waals surface area contributed by atoms with Gasteiger partial charge in [-0.15, -0.1) is 0 Å². The summed E-state index contributed by atoms with van der Waals surface area (Å²) < 4.78 is 7.38. The number of piperazine rings is 1. The van der Waals surface area contributed by atoms with E-state index in [-0.39, 0.29) is 5.91 Å². The summed E-state index contributed by atoms with van der Waals surface area (Å²) in [5, 5.41) is 0.865. The average Bonchev–Trinajstić information content (AvgIpc) is 3.14. The summed E-state index contributed by atoms with van der Waals surface area (Å²) in [5.74, 6) is 1.52. The molecule has 1 amide bonds. The van der Waals surface area contributed by atoms with E-state index in [1.165, 1.54) is 11.8 Å². The highest BCUT2D eigenvalue weighted by atomic mass is 32.2. The molecule has 4 rings (SSSR count). The van der Waals surface area contributed by atoms with Gasteiger partial charge in [-0.1, -0.05) is 30.0 Å². The Morgan fingerprint density at radius 2 is 1.90 bits per heavy atom. The van der Waals surface area contributed by atoms with Crippen molar-refractivity contribution in [3.8, 4) is 0 Å². The first kappa shape index (κ1) is 19.7. The molecule has 1 saturated heterocycles. The van der Waals surface area contributed by atoms with Crippen LogP contribution in [0.2, 0.25) is 0 Å². The standard InChI is InChI=1S/C21H25N5O2S/c1-28-15-14-26-18-7-3-2-6-17(18)23-21(26)29-16-20(27)25-12-10-24(11-13-25)19-8-4-5-9-22-19/h2-9H,10-16H2,1H3. The van der Waals surface area contributed by atoms with E-state index in [1.54, 1.807) is 13.3 Å². The van der Waals surface area contributed by atoms with Gasteiger partial charge in [-0.3, -0.25) is 4.79 Å². The summed E-state index contributed by atoms with van der Waals surface area (Å²) in [6.07, 6.45) is 1.80. The molecule has 1 fully saturated rings. The van der Waals surface area contributed by atoms with Crippen LogP contribution < -0.4 is 4.90 Å². The van der Waals surface area contributed by atoms with Gasteiger partial charge in [0.2, 0.25) is 5.91 Å². The van der Waals surface area contributed by atoms with E-state index in [0.717, 1.165) is 54.7 Å². The summed E-state index contributed by atoms with van der Waals surface area (Å²) in [6.45, 7) is 4.37. The summed E-state index contributed by atoms with van der Waals surface area (Å²) >= 11 is 1.50. The molecule has 1 aliphatic heterocycles. The van der Waals surface area contributed by atoms with Crippen LogP contribution in [-0.2, 0) is 16.1 Å². The number of benzene rings is 1. The lowest BCUT2D eigenvalue weighted by atomic mass is 10.3. The number of aromatic nitrogens is 3. The smallest absolute Gasteiger partial charge is 0.233 e. The van der Waals surface area contributed by atoms with Gasteiger partial charge in [-0.2, -0.15) is 0 Å². The Bertz CT molecular complexity index is 954. The van der Waals surface area contributed by atoms with Gasteiger partial charge >= 0.3 is 0 Å². The van der Waals surface area contributed by atoms with Gasteiger partial charge in [0.15, 0.2) is 5.16 Å². The Labute approximate surface area is 174 Å².